The van der Waals surface area contributed by atoms with E-state index < -0.39 is 0 Å². The van der Waals surface area contributed by atoms with Gasteiger partial charge in [-0.05, 0) is 58.0 Å². The first-order valence-electron chi connectivity index (χ1n) is 10.6. The molecule has 2 aliphatic heterocycles. The number of carbonyl (C=O) groups is 2. The highest BCUT2D eigenvalue weighted by atomic mass is 16.2. The first-order valence-corrected chi connectivity index (χ1v) is 10.6. The van der Waals surface area contributed by atoms with Gasteiger partial charge in [0, 0.05) is 62.6 Å². The van der Waals surface area contributed by atoms with Crippen molar-refractivity contribution in [1.29, 1.82) is 0 Å². The number of primary amides is 1. The maximum absolute atomic E-state index is 12.5. The molecular weight excluding hydrogens is 366 g/mol. The summed E-state index contributed by atoms with van der Waals surface area (Å²) in [5.41, 5.74) is 7.33. The summed E-state index contributed by atoms with van der Waals surface area (Å²) in [7, 11) is 2.17. The van der Waals surface area contributed by atoms with Crippen molar-refractivity contribution in [3.05, 3.63) is 29.8 Å². The summed E-state index contributed by atoms with van der Waals surface area (Å²) in [4.78, 5) is 30.9. The van der Waals surface area contributed by atoms with E-state index in [1.165, 1.54) is 0 Å². The Morgan fingerprint density at radius 3 is 2.55 bits per heavy atom. The van der Waals surface area contributed by atoms with E-state index >= 15 is 0 Å². The van der Waals surface area contributed by atoms with Crippen LogP contribution in [0.15, 0.2) is 24.3 Å². The lowest BCUT2D eigenvalue weighted by atomic mass is 9.97. The van der Waals surface area contributed by atoms with Crippen LogP contribution in [0.4, 0.5) is 5.69 Å². The van der Waals surface area contributed by atoms with Crippen molar-refractivity contribution in [2.75, 3.05) is 57.8 Å². The van der Waals surface area contributed by atoms with Gasteiger partial charge in [-0.1, -0.05) is 0 Å². The van der Waals surface area contributed by atoms with Gasteiger partial charge in [0.05, 0.1) is 5.92 Å². The molecule has 2 aliphatic rings. The van der Waals surface area contributed by atoms with Crippen molar-refractivity contribution >= 4 is 17.5 Å². The number of anilines is 1. The Balaban J connectivity index is 1.47. The van der Waals surface area contributed by atoms with Crippen LogP contribution in [0.5, 0.6) is 0 Å². The van der Waals surface area contributed by atoms with Crippen molar-refractivity contribution in [1.82, 2.24) is 15.1 Å². The molecular formula is C22H35N5O2. The summed E-state index contributed by atoms with van der Waals surface area (Å²) in [6.45, 7) is 10.7. The highest BCUT2D eigenvalue weighted by Crippen LogP contribution is 2.23. The topological polar surface area (TPSA) is 81.9 Å². The Morgan fingerprint density at radius 2 is 1.90 bits per heavy atom. The number of likely N-dealkylation sites (N-methyl/N-ethyl adjacent to an activating group) is 1. The zero-order valence-electron chi connectivity index (χ0n) is 18.0. The van der Waals surface area contributed by atoms with Crippen LogP contribution in [0.2, 0.25) is 0 Å². The predicted molar refractivity (Wildman–Crippen MR) is 116 cm³/mol. The molecule has 1 aromatic carbocycles. The third kappa shape index (κ3) is 5.48. The van der Waals surface area contributed by atoms with Gasteiger partial charge in [0.2, 0.25) is 5.91 Å². The number of hydrogen-bond donors (Lipinski definition) is 2. The fourth-order valence-corrected chi connectivity index (χ4v) is 4.23. The van der Waals surface area contributed by atoms with Crippen molar-refractivity contribution in [3.8, 4) is 0 Å². The molecule has 7 heteroatoms. The van der Waals surface area contributed by atoms with Gasteiger partial charge in [-0.3, -0.25) is 19.4 Å². The van der Waals surface area contributed by atoms with Gasteiger partial charge in [-0.15, -0.1) is 0 Å². The van der Waals surface area contributed by atoms with Crippen molar-refractivity contribution in [3.63, 3.8) is 0 Å². The Bertz CT molecular complexity index is 718. The minimum Gasteiger partial charge on any atom is -0.371 e. The second-order valence-corrected chi connectivity index (χ2v) is 9.00. The normalized spacial score (nSPS) is 23.0. The third-order valence-electron chi connectivity index (χ3n) is 6.43. The van der Waals surface area contributed by atoms with E-state index in [2.05, 4.69) is 40.9 Å². The van der Waals surface area contributed by atoms with E-state index in [-0.39, 0.29) is 23.3 Å². The lowest BCUT2D eigenvalue weighted by Gasteiger charge is -2.45. The fourth-order valence-electron chi connectivity index (χ4n) is 4.23. The van der Waals surface area contributed by atoms with Crippen LogP contribution in [0.3, 0.4) is 0 Å². The Morgan fingerprint density at radius 1 is 1.17 bits per heavy atom. The summed E-state index contributed by atoms with van der Waals surface area (Å²) in [6.07, 6.45) is 1.82. The zero-order valence-corrected chi connectivity index (χ0v) is 18.0. The molecule has 0 spiro atoms. The van der Waals surface area contributed by atoms with E-state index in [1.807, 2.05) is 24.3 Å². The second kappa shape index (κ2) is 9.13. The van der Waals surface area contributed by atoms with E-state index in [0.717, 1.165) is 51.3 Å². The lowest BCUT2D eigenvalue weighted by molar-refractivity contribution is -0.122. The number of piperazine rings is 1. The highest BCUT2D eigenvalue weighted by Gasteiger charge is 2.30. The summed E-state index contributed by atoms with van der Waals surface area (Å²) in [5, 5.41) is 3.04. The molecule has 3 rings (SSSR count). The molecule has 1 atom stereocenters. The van der Waals surface area contributed by atoms with Gasteiger partial charge in [0.25, 0.3) is 5.91 Å². The van der Waals surface area contributed by atoms with Crippen LogP contribution in [-0.4, -0.2) is 80.0 Å². The predicted octanol–water partition coefficient (Wildman–Crippen LogP) is 1.14. The number of nitrogens with two attached hydrogens (primary N) is 1. The minimum atomic E-state index is -0.227. The Labute approximate surface area is 174 Å². The average molecular weight is 402 g/mol. The molecule has 160 valence electrons. The van der Waals surface area contributed by atoms with Crippen molar-refractivity contribution in [2.45, 2.75) is 32.2 Å². The summed E-state index contributed by atoms with van der Waals surface area (Å²) >= 11 is 0. The van der Waals surface area contributed by atoms with Crippen LogP contribution >= 0.6 is 0 Å². The Kier molecular flexibility index (Phi) is 6.80. The molecule has 7 nitrogen and oxygen atoms in total. The minimum absolute atomic E-state index is 0.0430. The molecule has 2 amide bonds. The number of carbonyl (C=O) groups excluding carboxylic acids is 2. The average Bonchev–Trinajstić information content (AvgIpc) is 2.70. The van der Waals surface area contributed by atoms with Gasteiger partial charge in [0.1, 0.15) is 0 Å². The molecule has 0 aliphatic carbocycles. The molecule has 1 aromatic rings. The maximum Gasteiger partial charge on any atom is 0.251 e. The number of nitrogens with zero attached hydrogens (tertiary/aromatic N) is 3. The first kappa shape index (κ1) is 21.6. The molecule has 0 aromatic heterocycles. The number of nitrogens with one attached hydrogen (secondary N) is 1. The van der Waals surface area contributed by atoms with Crippen molar-refractivity contribution in [2.24, 2.45) is 11.7 Å². The molecule has 0 saturated carbocycles. The number of benzene rings is 1. The highest BCUT2D eigenvalue weighted by molar-refractivity contribution is 5.94. The van der Waals surface area contributed by atoms with Crippen molar-refractivity contribution < 1.29 is 9.59 Å². The van der Waals surface area contributed by atoms with Gasteiger partial charge >= 0.3 is 0 Å². The van der Waals surface area contributed by atoms with Crippen LogP contribution in [0.25, 0.3) is 0 Å². The molecule has 0 bridgehead atoms. The number of piperidine rings is 1. The standard InChI is InChI=1S/C22H35N5O2/c1-22(2)16-26(14-13-25(22)3)12-10-24-21(29)17-6-8-19(9-7-17)27-11-4-5-18(15-27)20(23)28/h6-9,18H,4-5,10-16H2,1-3H3,(H2,23,28)(H,24,29). The molecule has 29 heavy (non-hydrogen) atoms. The van der Waals surface area contributed by atoms with Crippen LogP contribution in [0, 0.1) is 5.92 Å². The number of amides is 2. The molecule has 3 N–H and O–H groups in total. The smallest absolute Gasteiger partial charge is 0.251 e. The van der Waals surface area contributed by atoms with E-state index in [4.69, 9.17) is 5.73 Å². The molecule has 0 radical (unpaired) electrons. The molecule has 2 fully saturated rings. The lowest BCUT2D eigenvalue weighted by Crippen LogP contribution is -2.58. The Hall–Kier alpha value is -2.12. The SMILES string of the molecule is CN1CCN(CCNC(=O)c2ccc(N3CCCC(C(N)=O)C3)cc2)CC1(C)C. The fraction of sp³-hybridized carbons (Fsp3) is 0.636. The summed E-state index contributed by atoms with van der Waals surface area (Å²) < 4.78 is 0. The number of hydrogen-bond acceptors (Lipinski definition) is 5. The zero-order chi connectivity index (χ0) is 21.0. The van der Waals surface area contributed by atoms with E-state index in [0.29, 0.717) is 18.7 Å². The summed E-state index contributed by atoms with van der Waals surface area (Å²) in [5.74, 6) is -0.362. The van der Waals surface area contributed by atoms with Gasteiger partial charge in [0.15, 0.2) is 0 Å². The van der Waals surface area contributed by atoms with Crippen LogP contribution in [0.1, 0.15) is 37.0 Å². The molecule has 2 saturated heterocycles. The first-order chi connectivity index (χ1) is 13.8. The number of rotatable bonds is 6. The monoisotopic (exact) mass is 401 g/mol. The third-order valence-corrected chi connectivity index (χ3v) is 6.43. The van der Waals surface area contributed by atoms with E-state index in [1.54, 1.807) is 0 Å². The van der Waals surface area contributed by atoms with E-state index in [9.17, 15) is 9.59 Å². The van der Waals surface area contributed by atoms with Gasteiger partial charge < -0.3 is 16.0 Å². The molecule has 1 unspecified atom stereocenters. The second-order valence-electron chi connectivity index (χ2n) is 9.00. The molecule has 2 heterocycles. The maximum atomic E-state index is 12.5. The van der Waals surface area contributed by atoms with Crippen LogP contribution in [-0.2, 0) is 4.79 Å². The van der Waals surface area contributed by atoms with Crippen LogP contribution < -0.4 is 16.0 Å². The quantitative estimate of drug-likeness (QED) is 0.747. The van der Waals surface area contributed by atoms with Gasteiger partial charge in [-0.25, -0.2) is 0 Å². The largest absolute Gasteiger partial charge is 0.371 e. The van der Waals surface area contributed by atoms with Gasteiger partial charge in [-0.2, -0.15) is 0 Å². The summed E-state index contributed by atoms with van der Waals surface area (Å²) in [6, 6.07) is 7.64.